The molecule has 1 aromatic carbocycles. The normalized spacial score (nSPS) is 10.1. The van der Waals surface area contributed by atoms with Gasteiger partial charge in [0.05, 0.1) is 13.2 Å². The number of rotatable bonds is 7. The molecule has 0 saturated heterocycles. The second-order valence-corrected chi connectivity index (χ2v) is 3.69. The van der Waals surface area contributed by atoms with Gasteiger partial charge in [0.2, 0.25) is 0 Å². The van der Waals surface area contributed by atoms with Crippen molar-refractivity contribution >= 4 is 11.4 Å². The molecule has 3 heteroatoms. The van der Waals surface area contributed by atoms with Gasteiger partial charge in [0.1, 0.15) is 0 Å². The van der Waals surface area contributed by atoms with Crippen molar-refractivity contribution in [2.24, 2.45) is 0 Å². The first kappa shape index (κ1) is 12.6. The van der Waals surface area contributed by atoms with Gasteiger partial charge in [-0.25, -0.2) is 0 Å². The third-order valence-electron chi connectivity index (χ3n) is 2.32. The van der Waals surface area contributed by atoms with Crippen molar-refractivity contribution in [3.63, 3.8) is 0 Å². The minimum atomic E-state index is 0.696. The van der Waals surface area contributed by atoms with Gasteiger partial charge in [-0.1, -0.05) is 12.1 Å². The van der Waals surface area contributed by atoms with Crippen LogP contribution >= 0.6 is 0 Å². The lowest BCUT2D eigenvalue weighted by atomic mass is 10.2. The Morgan fingerprint density at radius 3 is 2.94 bits per heavy atom. The van der Waals surface area contributed by atoms with Crippen molar-refractivity contribution in [2.45, 2.75) is 13.3 Å². The van der Waals surface area contributed by atoms with Gasteiger partial charge in [0.25, 0.3) is 0 Å². The fourth-order valence-corrected chi connectivity index (χ4v) is 1.29. The van der Waals surface area contributed by atoms with Gasteiger partial charge in [-0.05, 0) is 31.0 Å². The predicted octanol–water partition coefficient (Wildman–Crippen LogP) is 2.58. The van der Waals surface area contributed by atoms with Crippen LogP contribution in [0.15, 0.2) is 30.9 Å². The molecule has 0 saturated carbocycles. The molecule has 0 unspecified atom stereocenters. The third-order valence-corrected chi connectivity index (χ3v) is 2.32. The Morgan fingerprint density at radius 1 is 1.44 bits per heavy atom. The number of hydrogen-bond donors (Lipinski definition) is 2. The standard InChI is InChI=1S/C13H20N2O/c1-3-4-8-16-9-7-15-12-6-5-11(2)13(14)10-12/h3,5-6,10,15H,1,4,7-9,14H2,2H3. The number of ether oxygens (including phenoxy) is 1. The van der Waals surface area contributed by atoms with Crippen LogP contribution in [0.3, 0.4) is 0 Å². The van der Waals surface area contributed by atoms with Gasteiger partial charge in [-0.15, -0.1) is 6.58 Å². The topological polar surface area (TPSA) is 47.3 Å². The Hall–Kier alpha value is -1.48. The highest BCUT2D eigenvalue weighted by Gasteiger charge is 1.95. The molecule has 0 aliphatic carbocycles. The van der Waals surface area contributed by atoms with Crippen molar-refractivity contribution in [1.82, 2.24) is 0 Å². The van der Waals surface area contributed by atoms with Gasteiger partial charge in [0, 0.05) is 17.9 Å². The molecule has 3 nitrogen and oxygen atoms in total. The number of anilines is 2. The molecule has 1 aromatic rings. The molecule has 0 atom stereocenters. The first-order valence-electron chi connectivity index (χ1n) is 5.52. The monoisotopic (exact) mass is 220 g/mol. The SMILES string of the molecule is C=CCCOCCNc1ccc(C)c(N)c1. The van der Waals surface area contributed by atoms with Crippen LogP contribution in [0.2, 0.25) is 0 Å². The average Bonchev–Trinajstić information content (AvgIpc) is 2.28. The van der Waals surface area contributed by atoms with E-state index in [1.165, 1.54) is 0 Å². The van der Waals surface area contributed by atoms with Crippen LogP contribution in [0, 0.1) is 6.92 Å². The quantitative estimate of drug-likeness (QED) is 0.422. The van der Waals surface area contributed by atoms with Crippen molar-refractivity contribution in [3.8, 4) is 0 Å². The van der Waals surface area contributed by atoms with Crippen LogP contribution in [-0.2, 0) is 4.74 Å². The molecular weight excluding hydrogens is 200 g/mol. The highest BCUT2D eigenvalue weighted by Crippen LogP contribution is 2.16. The Kier molecular flexibility index (Phi) is 5.43. The van der Waals surface area contributed by atoms with E-state index in [2.05, 4.69) is 11.9 Å². The van der Waals surface area contributed by atoms with Crippen molar-refractivity contribution < 1.29 is 4.74 Å². The summed E-state index contributed by atoms with van der Waals surface area (Å²) in [5.74, 6) is 0. The summed E-state index contributed by atoms with van der Waals surface area (Å²) >= 11 is 0. The van der Waals surface area contributed by atoms with Crippen LogP contribution in [0.25, 0.3) is 0 Å². The Balaban J connectivity index is 2.21. The summed E-state index contributed by atoms with van der Waals surface area (Å²) in [6, 6.07) is 5.98. The number of benzene rings is 1. The van der Waals surface area contributed by atoms with E-state index in [0.717, 1.165) is 36.5 Å². The minimum Gasteiger partial charge on any atom is -0.398 e. The Morgan fingerprint density at radius 2 is 2.25 bits per heavy atom. The number of nitrogen functional groups attached to an aromatic ring is 1. The zero-order valence-corrected chi connectivity index (χ0v) is 9.83. The summed E-state index contributed by atoms with van der Waals surface area (Å²) in [7, 11) is 0. The van der Waals surface area contributed by atoms with Crippen LogP contribution in [0.1, 0.15) is 12.0 Å². The van der Waals surface area contributed by atoms with E-state index in [9.17, 15) is 0 Å². The molecule has 0 fully saturated rings. The molecule has 0 aliphatic heterocycles. The van der Waals surface area contributed by atoms with Gasteiger partial charge in [-0.3, -0.25) is 0 Å². The zero-order valence-electron chi connectivity index (χ0n) is 9.83. The first-order valence-corrected chi connectivity index (χ1v) is 5.52. The zero-order chi connectivity index (χ0) is 11.8. The number of nitrogens with two attached hydrogens (primary N) is 1. The van der Waals surface area contributed by atoms with E-state index in [1.54, 1.807) is 0 Å². The maximum Gasteiger partial charge on any atom is 0.0639 e. The van der Waals surface area contributed by atoms with Gasteiger partial charge in [-0.2, -0.15) is 0 Å². The molecule has 16 heavy (non-hydrogen) atoms. The average molecular weight is 220 g/mol. The highest BCUT2D eigenvalue weighted by molar-refractivity contribution is 5.58. The maximum atomic E-state index is 5.81. The first-order chi connectivity index (χ1) is 7.74. The highest BCUT2D eigenvalue weighted by atomic mass is 16.5. The summed E-state index contributed by atoms with van der Waals surface area (Å²) in [4.78, 5) is 0. The lowest BCUT2D eigenvalue weighted by molar-refractivity contribution is 0.149. The fourth-order valence-electron chi connectivity index (χ4n) is 1.29. The number of aryl methyl sites for hydroxylation is 1. The van der Waals surface area contributed by atoms with Crippen LogP contribution in [-0.4, -0.2) is 19.8 Å². The lowest BCUT2D eigenvalue weighted by Crippen LogP contribution is -2.10. The Bertz CT molecular complexity index is 337. The summed E-state index contributed by atoms with van der Waals surface area (Å²) < 4.78 is 5.38. The van der Waals surface area contributed by atoms with E-state index in [0.29, 0.717) is 6.61 Å². The molecule has 0 heterocycles. The van der Waals surface area contributed by atoms with Crippen LogP contribution < -0.4 is 11.1 Å². The molecule has 0 radical (unpaired) electrons. The van der Waals surface area contributed by atoms with E-state index >= 15 is 0 Å². The molecule has 88 valence electrons. The molecule has 0 aromatic heterocycles. The van der Waals surface area contributed by atoms with Crippen molar-refractivity contribution in [3.05, 3.63) is 36.4 Å². The predicted molar refractivity (Wildman–Crippen MR) is 69.7 cm³/mol. The molecule has 1 rings (SSSR count). The number of hydrogen-bond acceptors (Lipinski definition) is 3. The van der Waals surface area contributed by atoms with E-state index < -0.39 is 0 Å². The fraction of sp³-hybridized carbons (Fsp3) is 0.385. The third kappa shape index (κ3) is 4.36. The van der Waals surface area contributed by atoms with Crippen LogP contribution in [0.5, 0.6) is 0 Å². The van der Waals surface area contributed by atoms with Crippen molar-refractivity contribution in [2.75, 3.05) is 30.8 Å². The van der Waals surface area contributed by atoms with E-state index in [-0.39, 0.29) is 0 Å². The van der Waals surface area contributed by atoms with Crippen LogP contribution in [0.4, 0.5) is 11.4 Å². The summed E-state index contributed by atoms with van der Waals surface area (Å²) in [5, 5.41) is 3.26. The molecule has 0 bridgehead atoms. The summed E-state index contributed by atoms with van der Waals surface area (Å²) in [6.07, 6.45) is 2.76. The second-order valence-electron chi connectivity index (χ2n) is 3.69. The Labute approximate surface area is 97.3 Å². The second kappa shape index (κ2) is 6.90. The lowest BCUT2D eigenvalue weighted by Gasteiger charge is -2.08. The summed E-state index contributed by atoms with van der Waals surface area (Å²) in [6.45, 7) is 7.86. The van der Waals surface area contributed by atoms with E-state index in [4.69, 9.17) is 10.5 Å². The molecule has 3 N–H and O–H groups in total. The molecule has 0 aliphatic rings. The molecule has 0 amide bonds. The smallest absolute Gasteiger partial charge is 0.0639 e. The molecule has 0 spiro atoms. The minimum absolute atomic E-state index is 0.696. The maximum absolute atomic E-state index is 5.81. The number of nitrogens with one attached hydrogen (secondary N) is 1. The van der Waals surface area contributed by atoms with Gasteiger partial charge in [0.15, 0.2) is 0 Å². The van der Waals surface area contributed by atoms with Gasteiger partial charge >= 0.3 is 0 Å². The van der Waals surface area contributed by atoms with Gasteiger partial charge < -0.3 is 15.8 Å². The largest absolute Gasteiger partial charge is 0.398 e. The molecular formula is C13H20N2O. The summed E-state index contributed by atoms with van der Waals surface area (Å²) in [5.41, 5.74) is 8.77. The van der Waals surface area contributed by atoms with Crippen molar-refractivity contribution in [1.29, 1.82) is 0 Å². The van der Waals surface area contributed by atoms with E-state index in [1.807, 2.05) is 31.2 Å².